The van der Waals surface area contributed by atoms with E-state index in [4.69, 9.17) is 0 Å². The zero-order valence-electron chi connectivity index (χ0n) is 19.4. The summed E-state index contributed by atoms with van der Waals surface area (Å²) in [6, 6.07) is 13.2. The number of rotatable bonds is 6. The minimum absolute atomic E-state index is 0.0225. The number of halogens is 1. The molecule has 0 unspecified atom stereocenters. The lowest BCUT2D eigenvalue weighted by atomic mass is 9.97. The average Bonchev–Trinajstić information content (AvgIpc) is 3.39. The molecule has 0 spiro atoms. The fourth-order valence-corrected chi connectivity index (χ4v) is 4.96. The standard InChI is InChI=1S/C26H27FN4O3S/c1-2-17-3-7-19(8-4-17)24(33)29-30-25(34)22-16-35-26(28-22)20-11-13-31(14-12-20)23(32)15-18-5-9-21(27)10-6-18/h3-10,16,20H,2,11-15H2,1H3,(H,29,33)(H,30,34). The van der Waals surface area contributed by atoms with Gasteiger partial charge in [0, 0.05) is 30.0 Å². The largest absolute Gasteiger partial charge is 0.342 e. The van der Waals surface area contributed by atoms with Crippen molar-refractivity contribution >= 4 is 29.1 Å². The summed E-state index contributed by atoms with van der Waals surface area (Å²) in [5.41, 5.74) is 7.48. The average molecular weight is 495 g/mol. The number of aryl methyl sites for hydroxylation is 1. The van der Waals surface area contributed by atoms with E-state index in [0.717, 1.165) is 35.4 Å². The van der Waals surface area contributed by atoms with Crippen LogP contribution in [0.2, 0.25) is 0 Å². The first-order valence-electron chi connectivity index (χ1n) is 11.6. The number of likely N-dealkylation sites (tertiary alicyclic amines) is 1. The third-order valence-electron chi connectivity index (χ3n) is 6.13. The minimum Gasteiger partial charge on any atom is -0.342 e. The van der Waals surface area contributed by atoms with Gasteiger partial charge in [0.15, 0.2) is 0 Å². The summed E-state index contributed by atoms with van der Waals surface area (Å²) >= 11 is 1.41. The van der Waals surface area contributed by atoms with Gasteiger partial charge in [-0.1, -0.05) is 31.2 Å². The topological polar surface area (TPSA) is 91.4 Å². The van der Waals surface area contributed by atoms with Crippen molar-refractivity contribution in [1.82, 2.24) is 20.7 Å². The van der Waals surface area contributed by atoms with E-state index in [2.05, 4.69) is 15.8 Å². The maximum absolute atomic E-state index is 13.1. The molecule has 35 heavy (non-hydrogen) atoms. The van der Waals surface area contributed by atoms with Crippen molar-refractivity contribution in [2.75, 3.05) is 13.1 Å². The van der Waals surface area contributed by atoms with Gasteiger partial charge in [0.25, 0.3) is 11.8 Å². The Bertz CT molecular complexity index is 1190. The second-order valence-corrected chi connectivity index (χ2v) is 9.38. The van der Waals surface area contributed by atoms with Gasteiger partial charge in [-0.15, -0.1) is 11.3 Å². The van der Waals surface area contributed by atoms with Gasteiger partial charge in [-0.05, 0) is 54.7 Å². The number of hydrazine groups is 1. The summed E-state index contributed by atoms with van der Waals surface area (Å²) < 4.78 is 13.1. The van der Waals surface area contributed by atoms with E-state index in [1.807, 2.05) is 24.0 Å². The molecule has 2 aromatic carbocycles. The first-order chi connectivity index (χ1) is 16.9. The molecule has 9 heteroatoms. The van der Waals surface area contributed by atoms with Crippen molar-refractivity contribution in [1.29, 1.82) is 0 Å². The monoisotopic (exact) mass is 494 g/mol. The Morgan fingerprint density at radius 3 is 2.26 bits per heavy atom. The molecular formula is C26H27FN4O3S. The van der Waals surface area contributed by atoms with Gasteiger partial charge in [0.2, 0.25) is 5.91 Å². The van der Waals surface area contributed by atoms with E-state index < -0.39 is 11.8 Å². The molecule has 0 atom stereocenters. The quantitative estimate of drug-likeness (QED) is 0.509. The maximum atomic E-state index is 13.1. The Morgan fingerprint density at radius 1 is 0.971 bits per heavy atom. The van der Waals surface area contributed by atoms with Gasteiger partial charge in [-0.2, -0.15) is 0 Å². The van der Waals surface area contributed by atoms with Crippen LogP contribution in [0.5, 0.6) is 0 Å². The molecule has 1 aliphatic rings. The Hall–Kier alpha value is -3.59. The number of thiazole rings is 1. The van der Waals surface area contributed by atoms with Crippen LogP contribution in [-0.4, -0.2) is 40.7 Å². The zero-order valence-corrected chi connectivity index (χ0v) is 20.2. The molecule has 0 radical (unpaired) electrons. The number of hydrogen-bond acceptors (Lipinski definition) is 5. The van der Waals surface area contributed by atoms with Crippen LogP contribution >= 0.6 is 11.3 Å². The molecular weight excluding hydrogens is 467 g/mol. The molecule has 1 fully saturated rings. The molecule has 1 saturated heterocycles. The summed E-state index contributed by atoms with van der Waals surface area (Å²) in [7, 11) is 0. The molecule has 4 rings (SSSR count). The Morgan fingerprint density at radius 2 is 1.60 bits per heavy atom. The third kappa shape index (κ3) is 6.30. The summed E-state index contributed by atoms with van der Waals surface area (Å²) in [5, 5.41) is 2.53. The van der Waals surface area contributed by atoms with Crippen LogP contribution in [0.25, 0.3) is 0 Å². The smallest absolute Gasteiger partial charge is 0.289 e. The lowest BCUT2D eigenvalue weighted by Crippen LogP contribution is -2.41. The van der Waals surface area contributed by atoms with E-state index in [1.165, 1.54) is 23.5 Å². The third-order valence-corrected chi connectivity index (χ3v) is 7.14. The highest BCUT2D eigenvalue weighted by atomic mass is 32.1. The van der Waals surface area contributed by atoms with E-state index >= 15 is 0 Å². The predicted octanol–water partition coefficient (Wildman–Crippen LogP) is 3.87. The second kappa shape index (κ2) is 11.2. The van der Waals surface area contributed by atoms with Gasteiger partial charge in [-0.25, -0.2) is 9.37 Å². The van der Waals surface area contributed by atoms with E-state index in [1.54, 1.807) is 29.6 Å². The highest BCUT2D eigenvalue weighted by Gasteiger charge is 2.26. The molecule has 0 bridgehead atoms. The molecule has 7 nitrogen and oxygen atoms in total. The Kier molecular flexibility index (Phi) is 7.87. The van der Waals surface area contributed by atoms with Crippen molar-refractivity contribution in [3.63, 3.8) is 0 Å². The molecule has 0 saturated carbocycles. The number of carbonyl (C=O) groups excluding carboxylic acids is 3. The SMILES string of the molecule is CCc1ccc(C(=O)NNC(=O)c2csc(C3CCN(C(=O)Cc4ccc(F)cc4)CC3)n2)cc1. The molecule has 3 aromatic rings. The number of aromatic nitrogens is 1. The van der Waals surface area contributed by atoms with Crippen LogP contribution in [0, 0.1) is 5.82 Å². The van der Waals surface area contributed by atoms with E-state index in [-0.39, 0.29) is 29.8 Å². The molecule has 2 N–H and O–H groups in total. The highest BCUT2D eigenvalue weighted by Crippen LogP contribution is 2.30. The highest BCUT2D eigenvalue weighted by molar-refractivity contribution is 7.09. The van der Waals surface area contributed by atoms with Gasteiger partial charge in [0.05, 0.1) is 11.4 Å². The molecule has 182 valence electrons. The number of benzene rings is 2. The first-order valence-corrected chi connectivity index (χ1v) is 12.5. The summed E-state index contributed by atoms with van der Waals surface area (Å²) in [5.74, 6) is -0.993. The number of hydrogen-bond donors (Lipinski definition) is 2. The van der Waals surface area contributed by atoms with Crippen LogP contribution in [0.4, 0.5) is 4.39 Å². The van der Waals surface area contributed by atoms with E-state index in [9.17, 15) is 18.8 Å². The van der Waals surface area contributed by atoms with Crippen LogP contribution < -0.4 is 10.9 Å². The van der Waals surface area contributed by atoms with Crippen molar-refractivity contribution < 1.29 is 18.8 Å². The zero-order chi connectivity index (χ0) is 24.8. The first kappa shape index (κ1) is 24.5. The predicted molar refractivity (Wildman–Crippen MR) is 132 cm³/mol. The molecule has 0 aliphatic carbocycles. The number of nitrogens with one attached hydrogen (secondary N) is 2. The molecule has 2 heterocycles. The summed E-state index contributed by atoms with van der Waals surface area (Å²) in [4.78, 5) is 43.6. The van der Waals surface area contributed by atoms with Crippen molar-refractivity contribution in [2.45, 2.75) is 38.5 Å². The van der Waals surface area contributed by atoms with Crippen molar-refractivity contribution in [3.8, 4) is 0 Å². The minimum atomic E-state index is -0.474. The molecule has 3 amide bonds. The van der Waals surface area contributed by atoms with Crippen LogP contribution in [0.15, 0.2) is 53.9 Å². The van der Waals surface area contributed by atoms with Gasteiger partial charge in [-0.3, -0.25) is 25.2 Å². The van der Waals surface area contributed by atoms with Gasteiger partial charge < -0.3 is 4.90 Å². The normalized spacial score (nSPS) is 13.9. The van der Waals surface area contributed by atoms with Crippen LogP contribution in [0.3, 0.4) is 0 Å². The number of carbonyl (C=O) groups is 3. The fraction of sp³-hybridized carbons (Fsp3) is 0.308. The maximum Gasteiger partial charge on any atom is 0.289 e. The van der Waals surface area contributed by atoms with Gasteiger partial charge >= 0.3 is 0 Å². The summed E-state index contributed by atoms with van der Waals surface area (Å²) in [6.45, 7) is 3.26. The molecule has 1 aliphatic heterocycles. The summed E-state index contributed by atoms with van der Waals surface area (Å²) in [6.07, 6.45) is 2.65. The number of nitrogens with zero attached hydrogens (tertiary/aromatic N) is 2. The van der Waals surface area contributed by atoms with E-state index in [0.29, 0.717) is 18.7 Å². The fourth-order valence-electron chi connectivity index (χ4n) is 3.99. The van der Waals surface area contributed by atoms with Crippen LogP contribution in [0.1, 0.15) is 62.7 Å². The lowest BCUT2D eigenvalue weighted by Gasteiger charge is -2.31. The van der Waals surface area contributed by atoms with Crippen molar-refractivity contribution in [2.24, 2.45) is 0 Å². The molecule has 1 aromatic heterocycles. The van der Waals surface area contributed by atoms with Crippen molar-refractivity contribution in [3.05, 3.63) is 87.1 Å². The lowest BCUT2D eigenvalue weighted by molar-refractivity contribution is -0.131. The number of piperidine rings is 1. The Labute approximate surface area is 207 Å². The second-order valence-electron chi connectivity index (χ2n) is 8.49. The Balaban J connectivity index is 1.25. The van der Waals surface area contributed by atoms with Crippen LogP contribution in [-0.2, 0) is 17.6 Å². The van der Waals surface area contributed by atoms with Gasteiger partial charge in [0.1, 0.15) is 11.5 Å². The number of amides is 3.